The van der Waals surface area contributed by atoms with E-state index in [0.29, 0.717) is 68.1 Å². The summed E-state index contributed by atoms with van der Waals surface area (Å²) < 4.78 is 60.7. The first kappa shape index (κ1) is 31.7. The minimum absolute atomic E-state index is 0.00500. The molecular weight excluding hydrogens is 606 g/mol. The molecule has 244 valence electrons. The number of benzene rings is 1. The van der Waals surface area contributed by atoms with Crippen LogP contribution in [0, 0.1) is 11.2 Å². The van der Waals surface area contributed by atoms with Crippen LogP contribution in [0.15, 0.2) is 42.6 Å². The number of ether oxygens (including phenoxy) is 1. The van der Waals surface area contributed by atoms with Crippen molar-refractivity contribution in [2.75, 3.05) is 69.8 Å². The van der Waals surface area contributed by atoms with Crippen LogP contribution in [-0.4, -0.2) is 95.9 Å². The highest BCUT2D eigenvalue weighted by Crippen LogP contribution is 2.43. The Morgan fingerprint density at radius 3 is 2.46 bits per heavy atom. The molecule has 4 aromatic rings. The molecule has 4 heterocycles. The number of hydrogen-bond donors (Lipinski definition) is 2. The zero-order valence-corrected chi connectivity index (χ0v) is 25.6. The number of halogens is 4. The lowest BCUT2D eigenvalue weighted by atomic mass is 9.69. The summed E-state index contributed by atoms with van der Waals surface area (Å²) >= 11 is 0. The highest BCUT2D eigenvalue weighted by atomic mass is 19.4. The molecule has 0 radical (unpaired) electrons. The van der Waals surface area contributed by atoms with Crippen LogP contribution in [0.3, 0.4) is 0 Å². The third kappa shape index (κ3) is 6.63. The van der Waals surface area contributed by atoms with E-state index in [4.69, 9.17) is 9.84 Å². The Hall–Kier alpha value is -4.30. The molecule has 2 fully saturated rings. The third-order valence-electron chi connectivity index (χ3n) is 8.90. The second kappa shape index (κ2) is 12.5. The Morgan fingerprint density at radius 1 is 1.09 bits per heavy atom. The van der Waals surface area contributed by atoms with Crippen molar-refractivity contribution in [2.45, 2.75) is 25.4 Å². The number of alkyl halides is 3. The number of anilines is 2. The monoisotopic (exact) mass is 641 g/mol. The summed E-state index contributed by atoms with van der Waals surface area (Å²) in [6.07, 6.45) is 0.0819. The molecule has 1 aliphatic heterocycles. The summed E-state index contributed by atoms with van der Waals surface area (Å²) in [4.78, 5) is 34.3. The fourth-order valence-electron chi connectivity index (χ4n) is 6.43. The predicted octanol–water partition coefficient (Wildman–Crippen LogP) is 5.30. The molecule has 1 saturated heterocycles. The number of hydrogen-bond acceptors (Lipinski definition) is 8. The van der Waals surface area contributed by atoms with Gasteiger partial charge in [-0.2, -0.15) is 13.2 Å². The van der Waals surface area contributed by atoms with Crippen molar-refractivity contribution >= 4 is 28.5 Å². The van der Waals surface area contributed by atoms with Crippen LogP contribution < -0.4 is 9.80 Å². The maximum Gasteiger partial charge on any atom is 0.416 e. The van der Waals surface area contributed by atoms with Gasteiger partial charge in [-0.3, -0.25) is 14.7 Å². The van der Waals surface area contributed by atoms with Crippen LogP contribution in [0.1, 0.15) is 24.8 Å². The Bertz CT molecular complexity index is 1720. The highest BCUT2D eigenvalue weighted by molar-refractivity contribution is 5.91. The largest absolute Gasteiger partial charge is 0.480 e. The van der Waals surface area contributed by atoms with Gasteiger partial charge >= 0.3 is 12.1 Å². The van der Waals surface area contributed by atoms with E-state index in [1.807, 2.05) is 29.0 Å². The molecular formula is C32H35F4N7O3. The number of nitrogens with zero attached hydrogens (tertiary/aromatic N) is 6. The number of carbonyl (C=O) groups is 1. The van der Waals surface area contributed by atoms with Crippen LogP contribution >= 0.6 is 0 Å². The van der Waals surface area contributed by atoms with Gasteiger partial charge in [0.1, 0.15) is 17.0 Å². The lowest BCUT2D eigenvalue weighted by Gasteiger charge is -2.44. The van der Waals surface area contributed by atoms with Gasteiger partial charge in [-0.1, -0.05) is 6.42 Å². The quantitative estimate of drug-likeness (QED) is 0.223. The van der Waals surface area contributed by atoms with Crippen molar-refractivity contribution in [1.82, 2.24) is 24.8 Å². The number of H-pyrrole nitrogens is 1. The normalized spacial score (nSPS) is 16.9. The van der Waals surface area contributed by atoms with Crippen LogP contribution in [0.25, 0.3) is 33.9 Å². The van der Waals surface area contributed by atoms with Gasteiger partial charge in [0.05, 0.1) is 42.0 Å². The summed E-state index contributed by atoms with van der Waals surface area (Å²) in [6, 6.07) is 7.82. The van der Waals surface area contributed by atoms with Gasteiger partial charge in [-0.15, -0.1) is 0 Å². The Labute approximate surface area is 263 Å². The summed E-state index contributed by atoms with van der Waals surface area (Å²) in [5.41, 5.74) is 1.96. The number of carboxylic acids is 1. The van der Waals surface area contributed by atoms with Gasteiger partial charge < -0.3 is 24.6 Å². The second-order valence-electron chi connectivity index (χ2n) is 12.2. The number of fused-ring (bicyclic) bond motifs is 1. The number of pyridine rings is 2. The molecule has 0 atom stereocenters. The van der Waals surface area contributed by atoms with Crippen LogP contribution in [0.5, 0.6) is 0 Å². The number of rotatable bonds is 10. The zero-order valence-electron chi connectivity index (χ0n) is 25.6. The topological polar surface area (TPSA) is 111 Å². The number of aromatic amines is 1. The standard InChI is InChI=1S/C32H35F4N7O3/c1-41(18-31(19-46-2)6-3-7-31)26-15-25(20-12-21(32(34,35)36)14-22(33)13-20)38-30-28(26)39-29(40-30)24-5-4-23(16-37-24)43-10-8-42(9-11-43)17-27(44)45/h4-5,12-16H,3,6-11,17-19H2,1-2H3,(H,44,45)(H,38,39,40). The number of methoxy groups -OCH3 is 1. The van der Waals surface area contributed by atoms with Crippen LogP contribution in [0.2, 0.25) is 0 Å². The van der Waals surface area contributed by atoms with E-state index >= 15 is 0 Å². The van der Waals surface area contributed by atoms with Gasteiger partial charge in [0.25, 0.3) is 0 Å². The second-order valence-corrected chi connectivity index (χ2v) is 12.2. The van der Waals surface area contributed by atoms with Gasteiger partial charge in [0.2, 0.25) is 0 Å². The first-order chi connectivity index (χ1) is 21.9. The Morgan fingerprint density at radius 2 is 1.85 bits per heavy atom. The van der Waals surface area contributed by atoms with Crippen molar-refractivity contribution < 1.29 is 32.2 Å². The van der Waals surface area contributed by atoms with E-state index < -0.39 is 23.5 Å². The van der Waals surface area contributed by atoms with E-state index in [1.54, 1.807) is 19.4 Å². The molecule has 0 bridgehead atoms. The summed E-state index contributed by atoms with van der Waals surface area (Å²) in [5, 5.41) is 9.05. The van der Waals surface area contributed by atoms with Crippen molar-refractivity contribution in [3.63, 3.8) is 0 Å². The number of nitrogens with one attached hydrogen (secondary N) is 1. The smallest absolute Gasteiger partial charge is 0.416 e. The zero-order chi connectivity index (χ0) is 32.6. The molecule has 10 nitrogen and oxygen atoms in total. The van der Waals surface area contributed by atoms with Gasteiger partial charge in [0.15, 0.2) is 11.5 Å². The molecule has 1 aromatic carbocycles. The van der Waals surface area contributed by atoms with Crippen LogP contribution in [-0.2, 0) is 15.7 Å². The molecule has 0 amide bonds. The minimum atomic E-state index is -4.72. The molecule has 2 aliphatic rings. The highest BCUT2D eigenvalue weighted by Gasteiger charge is 2.38. The van der Waals surface area contributed by atoms with E-state index in [1.165, 1.54) is 0 Å². The average Bonchev–Trinajstić information content (AvgIpc) is 3.43. The molecule has 6 rings (SSSR count). The lowest BCUT2D eigenvalue weighted by molar-refractivity contribution is -0.139. The average molecular weight is 642 g/mol. The molecule has 1 aliphatic carbocycles. The van der Waals surface area contributed by atoms with Gasteiger partial charge in [-0.05, 0) is 49.2 Å². The first-order valence-electron chi connectivity index (χ1n) is 15.1. The van der Waals surface area contributed by atoms with Crippen molar-refractivity contribution in [3.05, 3.63) is 54.0 Å². The van der Waals surface area contributed by atoms with Gasteiger partial charge in [0, 0.05) is 57.9 Å². The molecule has 0 unspecified atom stereocenters. The summed E-state index contributed by atoms with van der Waals surface area (Å²) in [5.74, 6) is -1.43. The number of imidazole rings is 1. The van der Waals surface area contributed by atoms with E-state index in [0.717, 1.165) is 37.1 Å². The molecule has 46 heavy (non-hydrogen) atoms. The fourth-order valence-corrected chi connectivity index (χ4v) is 6.43. The maximum absolute atomic E-state index is 14.4. The number of aromatic nitrogens is 4. The van der Waals surface area contributed by atoms with E-state index in [-0.39, 0.29) is 28.9 Å². The molecule has 1 saturated carbocycles. The summed E-state index contributed by atoms with van der Waals surface area (Å²) in [6.45, 7) is 3.82. The minimum Gasteiger partial charge on any atom is -0.480 e. The number of piperazine rings is 1. The van der Waals surface area contributed by atoms with Crippen molar-refractivity contribution in [3.8, 4) is 22.8 Å². The predicted molar refractivity (Wildman–Crippen MR) is 165 cm³/mol. The lowest BCUT2D eigenvalue weighted by Crippen LogP contribution is -2.48. The van der Waals surface area contributed by atoms with Gasteiger partial charge in [-0.25, -0.2) is 14.4 Å². The Balaban J connectivity index is 1.34. The maximum atomic E-state index is 14.4. The SMILES string of the molecule is COCC1(CN(C)c2cc(-c3cc(F)cc(C(F)(F)F)c3)nc3nc(-c4ccc(N5CCN(CC(=O)O)CC5)cn4)[nH]c23)CCC1. The molecule has 3 aromatic heterocycles. The van der Waals surface area contributed by atoms with Crippen molar-refractivity contribution in [1.29, 1.82) is 0 Å². The summed E-state index contributed by atoms with van der Waals surface area (Å²) in [7, 11) is 3.58. The third-order valence-corrected chi connectivity index (χ3v) is 8.90. The van der Waals surface area contributed by atoms with Crippen LogP contribution in [0.4, 0.5) is 28.9 Å². The fraction of sp³-hybridized carbons (Fsp3) is 0.438. The molecule has 2 N–H and O–H groups in total. The van der Waals surface area contributed by atoms with E-state index in [2.05, 4.69) is 24.8 Å². The number of carboxylic acid groups (broad SMARTS) is 1. The Kier molecular flexibility index (Phi) is 8.59. The molecule has 14 heteroatoms. The number of aliphatic carboxylic acids is 1. The molecule has 0 spiro atoms. The first-order valence-corrected chi connectivity index (χ1v) is 15.1. The van der Waals surface area contributed by atoms with E-state index in [9.17, 15) is 22.4 Å². The van der Waals surface area contributed by atoms with Crippen molar-refractivity contribution in [2.24, 2.45) is 5.41 Å².